The predicted molar refractivity (Wildman–Crippen MR) is 117 cm³/mol. The van der Waals surface area contributed by atoms with Crippen molar-refractivity contribution in [2.24, 2.45) is 7.05 Å². The highest BCUT2D eigenvalue weighted by Crippen LogP contribution is 2.34. The summed E-state index contributed by atoms with van der Waals surface area (Å²) in [6.07, 6.45) is 0.266. The van der Waals surface area contributed by atoms with Crippen LogP contribution in [0.25, 0.3) is 28.0 Å². The molecule has 5 rings (SSSR count). The first kappa shape index (κ1) is 21.0. The van der Waals surface area contributed by atoms with Crippen molar-refractivity contribution in [2.75, 3.05) is 12.3 Å². The summed E-state index contributed by atoms with van der Waals surface area (Å²) in [5.74, 6) is -3.03. The standard InChI is InChI=1S/C22H20F2N6O3/c1-28-10-14(7-8-16(28)31)17-18(13-5-3-2-4-6-13)26-20(25)30-19(17)27-29(21(30)32)11-15-9-22(23,24)12-33-15/h2-8,10,15H,9,11-12H2,1H3,(H2,25,26). The van der Waals surface area contributed by atoms with E-state index in [9.17, 15) is 18.4 Å². The van der Waals surface area contributed by atoms with E-state index in [1.54, 1.807) is 19.3 Å². The SMILES string of the molecule is Cn1cc(-c2c(-c3ccccc3)nc(N)n3c(=O)n(CC4CC(F)(F)CO4)nc23)ccc1=O. The second kappa shape index (κ2) is 7.62. The molecular formula is C22H20F2N6O3. The van der Waals surface area contributed by atoms with Gasteiger partial charge < -0.3 is 15.0 Å². The first-order chi connectivity index (χ1) is 15.7. The van der Waals surface area contributed by atoms with Crippen molar-refractivity contribution in [2.45, 2.75) is 25.0 Å². The Morgan fingerprint density at radius 1 is 1.15 bits per heavy atom. The molecule has 0 bridgehead atoms. The Labute approximate surface area is 185 Å². The van der Waals surface area contributed by atoms with Crippen molar-refractivity contribution >= 4 is 11.6 Å². The van der Waals surface area contributed by atoms with Crippen molar-refractivity contribution in [3.63, 3.8) is 0 Å². The number of hydrogen-bond acceptors (Lipinski definition) is 6. The minimum atomic E-state index is -2.94. The first-order valence-electron chi connectivity index (χ1n) is 10.2. The molecule has 4 heterocycles. The number of pyridine rings is 1. The number of nitrogens with two attached hydrogens (primary N) is 1. The lowest BCUT2D eigenvalue weighted by Crippen LogP contribution is -2.28. The zero-order valence-electron chi connectivity index (χ0n) is 17.6. The Balaban J connectivity index is 1.75. The van der Waals surface area contributed by atoms with Crippen LogP contribution < -0.4 is 17.0 Å². The third kappa shape index (κ3) is 3.69. The van der Waals surface area contributed by atoms with Gasteiger partial charge in [0.15, 0.2) is 5.65 Å². The van der Waals surface area contributed by atoms with Crippen LogP contribution in [0.4, 0.5) is 14.7 Å². The van der Waals surface area contributed by atoms with E-state index < -0.39 is 30.7 Å². The van der Waals surface area contributed by atoms with E-state index >= 15 is 0 Å². The van der Waals surface area contributed by atoms with Crippen LogP contribution in [-0.2, 0) is 18.3 Å². The topological polar surface area (TPSA) is 109 Å². The van der Waals surface area contributed by atoms with Gasteiger partial charge in [0.25, 0.3) is 5.92 Å². The molecule has 1 aromatic carbocycles. The summed E-state index contributed by atoms with van der Waals surface area (Å²) in [6, 6.07) is 12.2. The van der Waals surface area contributed by atoms with Crippen molar-refractivity contribution in [1.82, 2.24) is 23.7 Å². The number of benzene rings is 1. The predicted octanol–water partition coefficient (Wildman–Crippen LogP) is 1.93. The van der Waals surface area contributed by atoms with Gasteiger partial charge in [-0.3, -0.25) is 4.79 Å². The van der Waals surface area contributed by atoms with Crippen LogP contribution in [-0.4, -0.2) is 42.4 Å². The number of ether oxygens (including phenoxy) is 1. The fourth-order valence-electron chi connectivity index (χ4n) is 4.03. The lowest BCUT2D eigenvalue weighted by Gasteiger charge is -2.12. The molecule has 0 saturated carbocycles. The van der Waals surface area contributed by atoms with E-state index in [0.717, 1.165) is 14.6 Å². The Bertz CT molecular complexity index is 1480. The number of aryl methyl sites for hydroxylation is 1. The Morgan fingerprint density at radius 2 is 1.91 bits per heavy atom. The van der Waals surface area contributed by atoms with E-state index in [0.29, 0.717) is 16.8 Å². The number of nitrogen functional groups attached to an aromatic ring is 1. The third-order valence-corrected chi connectivity index (χ3v) is 5.61. The molecule has 1 unspecified atom stereocenters. The minimum absolute atomic E-state index is 0.0913. The lowest BCUT2D eigenvalue weighted by molar-refractivity contribution is -0.0107. The van der Waals surface area contributed by atoms with Crippen LogP contribution in [0, 0.1) is 0 Å². The van der Waals surface area contributed by atoms with Crippen molar-refractivity contribution < 1.29 is 13.5 Å². The maximum atomic E-state index is 13.6. The number of hydrogen-bond donors (Lipinski definition) is 1. The number of alkyl halides is 2. The summed E-state index contributed by atoms with van der Waals surface area (Å²) in [6.45, 7) is -0.839. The maximum Gasteiger partial charge on any atom is 0.353 e. The molecule has 170 valence electrons. The largest absolute Gasteiger partial charge is 0.370 e. The third-order valence-electron chi connectivity index (χ3n) is 5.61. The van der Waals surface area contributed by atoms with E-state index in [2.05, 4.69) is 10.1 Å². The van der Waals surface area contributed by atoms with Crippen LogP contribution in [0.3, 0.4) is 0 Å². The van der Waals surface area contributed by atoms with E-state index in [1.165, 1.54) is 10.6 Å². The lowest BCUT2D eigenvalue weighted by atomic mass is 10.0. The molecule has 2 N–H and O–H groups in total. The second-order valence-electron chi connectivity index (χ2n) is 8.04. The highest BCUT2D eigenvalue weighted by atomic mass is 19.3. The molecule has 0 spiro atoms. The molecule has 0 amide bonds. The van der Waals surface area contributed by atoms with Gasteiger partial charge in [0.2, 0.25) is 11.5 Å². The average molecular weight is 454 g/mol. The number of halogens is 2. The number of anilines is 1. The van der Waals surface area contributed by atoms with Gasteiger partial charge in [-0.25, -0.2) is 27.6 Å². The summed E-state index contributed by atoms with van der Waals surface area (Å²) in [5.41, 5.74) is 7.82. The number of aromatic nitrogens is 5. The first-order valence-corrected chi connectivity index (χ1v) is 10.2. The molecule has 11 heteroatoms. The van der Waals surface area contributed by atoms with E-state index in [4.69, 9.17) is 10.5 Å². The van der Waals surface area contributed by atoms with Gasteiger partial charge in [-0.15, -0.1) is 5.10 Å². The molecular weight excluding hydrogens is 434 g/mol. The smallest absolute Gasteiger partial charge is 0.353 e. The Morgan fingerprint density at radius 3 is 2.58 bits per heavy atom. The summed E-state index contributed by atoms with van der Waals surface area (Å²) in [4.78, 5) is 29.5. The second-order valence-corrected chi connectivity index (χ2v) is 8.04. The van der Waals surface area contributed by atoms with Crippen LogP contribution >= 0.6 is 0 Å². The van der Waals surface area contributed by atoms with Gasteiger partial charge in [0.1, 0.15) is 6.61 Å². The Hall–Kier alpha value is -3.86. The molecule has 33 heavy (non-hydrogen) atoms. The summed E-state index contributed by atoms with van der Waals surface area (Å²) >= 11 is 0. The van der Waals surface area contributed by atoms with Gasteiger partial charge in [-0.2, -0.15) is 0 Å². The zero-order chi connectivity index (χ0) is 23.3. The molecule has 1 atom stereocenters. The minimum Gasteiger partial charge on any atom is -0.370 e. The molecule has 3 aromatic heterocycles. The monoisotopic (exact) mass is 454 g/mol. The maximum absolute atomic E-state index is 13.6. The highest BCUT2D eigenvalue weighted by Gasteiger charge is 2.41. The molecule has 0 aliphatic carbocycles. The zero-order valence-corrected chi connectivity index (χ0v) is 17.6. The van der Waals surface area contributed by atoms with Crippen LogP contribution in [0.15, 0.2) is 58.3 Å². The number of fused-ring (bicyclic) bond motifs is 1. The number of rotatable bonds is 4. The van der Waals surface area contributed by atoms with Gasteiger partial charge >= 0.3 is 5.69 Å². The molecule has 1 fully saturated rings. The molecule has 1 saturated heterocycles. The quantitative estimate of drug-likeness (QED) is 0.505. The molecule has 9 nitrogen and oxygen atoms in total. The van der Waals surface area contributed by atoms with Gasteiger partial charge in [0, 0.05) is 36.9 Å². The van der Waals surface area contributed by atoms with Crippen molar-refractivity contribution in [1.29, 1.82) is 0 Å². The van der Waals surface area contributed by atoms with Gasteiger partial charge in [-0.1, -0.05) is 30.3 Å². The molecule has 4 aromatic rings. The fourth-order valence-corrected chi connectivity index (χ4v) is 4.03. The van der Waals surface area contributed by atoms with Crippen LogP contribution in [0.2, 0.25) is 0 Å². The molecule has 1 aliphatic heterocycles. The Kier molecular flexibility index (Phi) is 4.85. The number of nitrogens with zero attached hydrogens (tertiary/aromatic N) is 5. The summed E-state index contributed by atoms with van der Waals surface area (Å²) in [7, 11) is 1.61. The summed E-state index contributed by atoms with van der Waals surface area (Å²) in [5, 5.41) is 4.43. The summed E-state index contributed by atoms with van der Waals surface area (Å²) < 4.78 is 35.9. The molecule has 0 radical (unpaired) electrons. The van der Waals surface area contributed by atoms with Gasteiger partial charge in [-0.05, 0) is 6.07 Å². The average Bonchev–Trinajstić information content (AvgIpc) is 3.29. The molecule has 1 aliphatic rings. The van der Waals surface area contributed by atoms with Gasteiger partial charge in [0.05, 0.1) is 23.9 Å². The van der Waals surface area contributed by atoms with E-state index in [1.807, 2.05) is 30.3 Å². The highest BCUT2D eigenvalue weighted by molar-refractivity contribution is 5.90. The van der Waals surface area contributed by atoms with Crippen molar-refractivity contribution in [3.05, 3.63) is 69.5 Å². The van der Waals surface area contributed by atoms with E-state index in [-0.39, 0.29) is 23.7 Å². The van der Waals surface area contributed by atoms with Crippen LogP contribution in [0.5, 0.6) is 0 Å². The fraction of sp³-hybridized carbons (Fsp3) is 0.273. The normalized spacial score (nSPS) is 17.6. The van der Waals surface area contributed by atoms with Crippen molar-refractivity contribution in [3.8, 4) is 22.4 Å². The van der Waals surface area contributed by atoms with Crippen LogP contribution in [0.1, 0.15) is 6.42 Å².